The quantitative estimate of drug-likeness (QED) is 0.794. The van der Waals surface area contributed by atoms with Crippen LogP contribution in [0.4, 0.5) is 0 Å². The minimum Gasteiger partial charge on any atom is -0.323 e. The molecule has 0 bridgehead atoms. The Kier molecular flexibility index (Phi) is 2.69. The van der Waals surface area contributed by atoms with Crippen molar-refractivity contribution in [2.24, 2.45) is 5.73 Å². The van der Waals surface area contributed by atoms with E-state index in [9.17, 15) is 4.21 Å². The second-order valence-corrected chi connectivity index (χ2v) is 6.26. The van der Waals surface area contributed by atoms with E-state index in [0.717, 1.165) is 10.5 Å². The predicted molar refractivity (Wildman–Crippen MR) is 63.3 cm³/mol. The van der Waals surface area contributed by atoms with Crippen LogP contribution in [-0.4, -0.2) is 9.46 Å². The van der Waals surface area contributed by atoms with Crippen LogP contribution in [-0.2, 0) is 10.8 Å². The maximum absolute atomic E-state index is 11.9. The normalized spacial score (nSPS) is 29.5. The first-order valence-electron chi connectivity index (χ1n) is 5.32. The molecule has 3 atom stereocenters. The highest BCUT2D eigenvalue weighted by Crippen LogP contribution is 2.36. The van der Waals surface area contributed by atoms with Crippen molar-refractivity contribution in [2.45, 2.75) is 42.9 Å². The average Bonchev–Trinajstić information content (AvgIpc) is 2.44. The average molecular weight is 223 g/mol. The Morgan fingerprint density at radius 1 is 1.40 bits per heavy atom. The van der Waals surface area contributed by atoms with Crippen molar-refractivity contribution in [1.29, 1.82) is 0 Å². The summed E-state index contributed by atoms with van der Waals surface area (Å²) in [6.07, 6.45) is 0. The molecule has 0 spiro atoms. The molecule has 82 valence electrons. The topological polar surface area (TPSA) is 43.1 Å². The van der Waals surface area contributed by atoms with Crippen LogP contribution in [0, 0.1) is 0 Å². The third-order valence-electron chi connectivity index (χ3n) is 3.12. The molecular formula is C12H17NOS. The molecular weight excluding hydrogens is 206 g/mol. The largest absolute Gasteiger partial charge is 0.323 e. The van der Waals surface area contributed by atoms with E-state index >= 15 is 0 Å². The number of hydrogen-bond donors (Lipinski definition) is 1. The molecule has 0 aliphatic carbocycles. The molecule has 1 aliphatic heterocycles. The first kappa shape index (κ1) is 10.8. The summed E-state index contributed by atoms with van der Waals surface area (Å²) in [6, 6.07) is 6.09. The monoisotopic (exact) mass is 223 g/mol. The van der Waals surface area contributed by atoms with Gasteiger partial charge in [0.25, 0.3) is 0 Å². The third-order valence-corrected chi connectivity index (χ3v) is 4.89. The Morgan fingerprint density at radius 3 is 2.67 bits per heavy atom. The standard InChI is InChI=1S/C12H17NOS/c1-7(2)9-4-5-11-10(6-9)12(13)8(3)15(11)14/h4-8,12H,13H2,1-3H3. The smallest absolute Gasteiger partial charge is 0.0580 e. The summed E-state index contributed by atoms with van der Waals surface area (Å²) in [4.78, 5) is 0.930. The van der Waals surface area contributed by atoms with Gasteiger partial charge in [-0.25, -0.2) is 0 Å². The van der Waals surface area contributed by atoms with Gasteiger partial charge in [0.05, 0.1) is 16.0 Å². The molecule has 2 N–H and O–H groups in total. The van der Waals surface area contributed by atoms with Crippen LogP contribution in [0.1, 0.15) is 43.9 Å². The number of nitrogens with two attached hydrogens (primary N) is 1. The molecule has 1 aromatic rings. The SMILES string of the molecule is CC(C)c1ccc2c(c1)C(N)C(C)S2=O. The van der Waals surface area contributed by atoms with Crippen molar-refractivity contribution < 1.29 is 4.21 Å². The molecule has 1 heterocycles. The van der Waals surface area contributed by atoms with Gasteiger partial charge in [0.15, 0.2) is 0 Å². The van der Waals surface area contributed by atoms with Gasteiger partial charge in [0.1, 0.15) is 0 Å². The second kappa shape index (κ2) is 3.72. The number of rotatable bonds is 1. The number of hydrogen-bond acceptors (Lipinski definition) is 2. The Bertz CT molecular complexity index is 414. The lowest BCUT2D eigenvalue weighted by Crippen LogP contribution is -2.20. The third kappa shape index (κ3) is 1.64. The van der Waals surface area contributed by atoms with Gasteiger partial charge in [-0.1, -0.05) is 26.0 Å². The summed E-state index contributed by atoms with van der Waals surface area (Å²) in [5, 5.41) is 0.0439. The molecule has 0 saturated heterocycles. The van der Waals surface area contributed by atoms with Crippen molar-refractivity contribution >= 4 is 10.8 Å². The van der Waals surface area contributed by atoms with Crippen LogP contribution in [0.25, 0.3) is 0 Å². The van der Waals surface area contributed by atoms with Crippen LogP contribution < -0.4 is 5.73 Å². The van der Waals surface area contributed by atoms with Gasteiger partial charge in [0, 0.05) is 10.9 Å². The summed E-state index contributed by atoms with van der Waals surface area (Å²) in [6.45, 7) is 6.26. The molecule has 0 fully saturated rings. The van der Waals surface area contributed by atoms with Gasteiger partial charge >= 0.3 is 0 Å². The highest BCUT2D eigenvalue weighted by molar-refractivity contribution is 7.86. The molecule has 1 aliphatic rings. The van der Waals surface area contributed by atoms with Gasteiger partial charge in [-0.15, -0.1) is 0 Å². The van der Waals surface area contributed by atoms with Gasteiger partial charge in [-0.05, 0) is 30.0 Å². The highest BCUT2D eigenvalue weighted by atomic mass is 32.2. The minimum atomic E-state index is -0.919. The predicted octanol–water partition coefficient (Wildman–Crippen LogP) is 2.32. The van der Waals surface area contributed by atoms with E-state index in [1.54, 1.807) is 0 Å². The number of fused-ring (bicyclic) bond motifs is 1. The molecule has 3 heteroatoms. The first-order valence-corrected chi connectivity index (χ1v) is 6.53. The molecule has 0 amide bonds. The summed E-state index contributed by atoms with van der Waals surface area (Å²) >= 11 is 0. The Labute approximate surface area is 93.3 Å². The summed E-state index contributed by atoms with van der Waals surface area (Å²) in [5.74, 6) is 0.492. The van der Waals surface area contributed by atoms with E-state index in [0.29, 0.717) is 5.92 Å². The van der Waals surface area contributed by atoms with Crippen molar-refractivity contribution in [2.75, 3.05) is 0 Å². The lowest BCUT2D eigenvalue weighted by atomic mass is 9.97. The highest BCUT2D eigenvalue weighted by Gasteiger charge is 2.33. The van der Waals surface area contributed by atoms with Gasteiger partial charge in [-0.3, -0.25) is 4.21 Å². The van der Waals surface area contributed by atoms with Crippen LogP contribution >= 0.6 is 0 Å². The summed E-state index contributed by atoms with van der Waals surface area (Å²) in [5.41, 5.74) is 8.41. The van der Waals surface area contributed by atoms with E-state index in [1.165, 1.54) is 5.56 Å². The number of benzene rings is 1. The van der Waals surface area contributed by atoms with Crippen LogP contribution in [0.15, 0.2) is 23.1 Å². The fraction of sp³-hybridized carbons (Fsp3) is 0.500. The zero-order chi connectivity index (χ0) is 11.2. The molecule has 15 heavy (non-hydrogen) atoms. The lowest BCUT2D eigenvalue weighted by Gasteiger charge is -2.10. The van der Waals surface area contributed by atoms with Crippen LogP contribution in [0.3, 0.4) is 0 Å². The van der Waals surface area contributed by atoms with Crippen molar-refractivity contribution in [1.82, 2.24) is 0 Å². The molecule has 3 unspecified atom stereocenters. The van der Waals surface area contributed by atoms with E-state index in [4.69, 9.17) is 5.73 Å². The molecule has 0 saturated carbocycles. The van der Waals surface area contributed by atoms with Gasteiger partial charge < -0.3 is 5.73 Å². The van der Waals surface area contributed by atoms with E-state index in [2.05, 4.69) is 26.0 Å². The maximum Gasteiger partial charge on any atom is 0.0580 e. The van der Waals surface area contributed by atoms with E-state index in [-0.39, 0.29) is 11.3 Å². The lowest BCUT2D eigenvalue weighted by molar-refractivity contribution is 0.662. The molecule has 2 rings (SSSR count). The second-order valence-electron chi connectivity index (χ2n) is 4.48. The molecule has 1 aromatic carbocycles. The fourth-order valence-electron chi connectivity index (χ4n) is 1.96. The first-order chi connectivity index (χ1) is 7.02. The summed E-state index contributed by atoms with van der Waals surface area (Å²) < 4.78 is 11.9. The Balaban J connectivity index is 2.51. The molecule has 0 radical (unpaired) electrons. The molecule has 0 aromatic heterocycles. The van der Waals surface area contributed by atoms with Crippen LogP contribution in [0.5, 0.6) is 0 Å². The van der Waals surface area contributed by atoms with E-state index in [1.807, 2.05) is 13.0 Å². The van der Waals surface area contributed by atoms with Gasteiger partial charge in [-0.2, -0.15) is 0 Å². The van der Waals surface area contributed by atoms with Crippen molar-refractivity contribution in [3.63, 3.8) is 0 Å². The van der Waals surface area contributed by atoms with E-state index < -0.39 is 10.8 Å². The fourth-order valence-corrected chi connectivity index (χ4v) is 3.40. The van der Waals surface area contributed by atoms with Crippen molar-refractivity contribution in [3.8, 4) is 0 Å². The Hall–Kier alpha value is -0.670. The van der Waals surface area contributed by atoms with Gasteiger partial charge in [0.2, 0.25) is 0 Å². The van der Waals surface area contributed by atoms with Crippen LogP contribution in [0.2, 0.25) is 0 Å². The zero-order valence-electron chi connectivity index (χ0n) is 9.36. The zero-order valence-corrected chi connectivity index (χ0v) is 10.2. The summed E-state index contributed by atoms with van der Waals surface area (Å²) in [7, 11) is -0.919. The van der Waals surface area contributed by atoms with Crippen molar-refractivity contribution in [3.05, 3.63) is 29.3 Å². The maximum atomic E-state index is 11.9. The molecule has 2 nitrogen and oxygen atoms in total. The Morgan fingerprint density at radius 2 is 2.07 bits per heavy atom. The minimum absolute atomic E-state index is 0.0439.